The van der Waals surface area contributed by atoms with Crippen LogP contribution in [0.1, 0.15) is 22.5 Å². The van der Waals surface area contributed by atoms with Crippen LogP contribution in [0.2, 0.25) is 0 Å². The summed E-state index contributed by atoms with van der Waals surface area (Å²) in [5.41, 5.74) is 0. The number of aliphatic imine (C=N–C) groups is 1. The van der Waals surface area contributed by atoms with Crippen molar-refractivity contribution in [3.8, 4) is 0 Å². The highest BCUT2D eigenvalue weighted by molar-refractivity contribution is 7.10. The number of rotatable bonds is 8. The Bertz CT molecular complexity index is 761. The number of aryl methyl sites for hydroxylation is 1. The van der Waals surface area contributed by atoms with Crippen LogP contribution in [-0.2, 0) is 26.1 Å². The molecule has 3 aromatic heterocycles. The zero-order valence-electron chi connectivity index (χ0n) is 14.2. The summed E-state index contributed by atoms with van der Waals surface area (Å²) in [7, 11) is 0. The van der Waals surface area contributed by atoms with Crippen molar-refractivity contribution in [1.29, 1.82) is 0 Å². The molecule has 0 radical (unpaired) electrons. The molecule has 25 heavy (non-hydrogen) atoms. The van der Waals surface area contributed by atoms with Crippen molar-refractivity contribution in [2.45, 2.75) is 33.0 Å². The molecule has 3 heterocycles. The Kier molecular flexibility index (Phi) is 6.58. The van der Waals surface area contributed by atoms with Gasteiger partial charge in [0.15, 0.2) is 5.96 Å². The van der Waals surface area contributed by atoms with Gasteiger partial charge in [0, 0.05) is 29.3 Å². The third-order valence-electron chi connectivity index (χ3n) is 3.64. The van der Waals surface area contributed by atoms with Gasteiger partial charge < -0.3 is 15.2 Å². The van der Waals surface area contributed by atoms with Crippen molar-refractivity contribution < 1.29 is 0 Å². The summed E-state index contributed by atoms with van der Waals surface area (Å²) in [5.74, 6) is 1.83. The van der Waals surface area contributed by atoms with Gasteiger partial charge in [-0.1, -0.05) is 19.1 Å². The van der Waals surface area contributed by atoms with Crippen LogP contribution >= 0.6 is 22.7 Å². The third-order valence-corrected chi connectivity index (χ3v) is 5.38. The van der Waals surface area contributed by atoms with E-state index >= 15 is 0 Å². The molecule has 3 aromatic rings. The van der Waals surface area contributed by atoms with Crippen LogP contribution in [0.4, 0.5) is 0 Å². The van der Waals surface area contributed by atoms with E-state index in [1.54, 1.807) is 29.0 Å². The number of nitrogens with one attached hydrogen (secondary N) is 2. The SMILES string of the molecule is CCc1nncn1CCNC(=NCc1cccs1)NCc1cccs1. The lowest BCUT2D eigenvalue weighted by atomic mass is 10.4. The maximum Gasteiger partial charge on any atom is 0.191 e. The topological polar surface area (TPSA) is 67.1 Å². The average Bonchev–Trinajstić information content (AvgIpc) is 3.39. The molecule has 6 nitrogen and oxygen atoms in total. The quantitative estimate of drug-likeness (QED) is 0.470. The Labute approximate surface area is 155 Å². The molecule has 2 N–H and O–H groups in total. The van der Waals surface area contributed by atoms with Gasteiger partial charge in [0.05, 0.1) is 13.1 Å². The fourth-order valence-corrected chi connectivity index (χ4v) is 3.62. The molecule has 0 fully saturated rings. The highest BCUT2D eigenvalue weighted by Crippen LogP contribution is 2.10. The van der Waals surface area contributed by atoms with Crippen molar-refractivity contribution >= 4 is 28.6 Å². The lowest BCUT2D eigenvalue weighted by Crippen LogP contribution is -2.38. The van der Waals surface area contributed by atoms with Crippen molar-refractivity contribution in [2.24, 2.45) is 4.99 Å². The molecule has 0 spiro atoms. The van der Waals surface area contributed by atoms with Crippen LogP contribution in [0.15, 0.2) is 46.3 Å². The van der Waals surface area contributed by atoms with Crippen LogP contribution in [0.25, 0.3) is 0 Å². The lowest BCUT2D eigenvalue weighted by molar-refractivity contribution is 0.631. The largest absolute Gasteiger partial charge is 0.355 e. The number of hydrogen-bond acceptors (Lipinski definition) is 5. The number of nitrogens with zero attached hydrogens (tertiary/aromatic N) is 4. The van der Waals surface area contributed by atoms with E-state index < -0.39 is 0 Å². The maximum absolute atomic E-state index is 4.70. The maximum atomic E-state index is 4.70. The number of hydrogen-bond donors (Lipinski definition) is 2. The average molecular weight is 375 g/mol. The van der Waals surface area contributed by atoms with E-state index in [2.05, 4.69) is 67.3 Å². The van der Waals surface area contributed by atoms with E-state index in [-0.39, 0.29) is 0 Å². The monoisotopic (exact) mass is 374 g/mol. The molecule has 0 atom stereocenters. The Balaban J connectivity index is 1.56. The zero-order chi connectivity index (χ0) is 17.3. The lowest BCUT2D eigenvalue weighted by Gasteiger charge is -2.13. The van der Waals surface area contributed by atoms with Gasteiger partial charge in [-0.2, -0.15) is 0 Å². The molecule has 0 bridgehead atoms. The van der Waals surface area contributed by atoms with Gasteiger partial charge in [0.25, 0.3) is 0 Å². The normalized spacial score (nSPS) is 11.6. The van der Waals surface area contributed by atoms with Crippen LogP contribution in [-0.4, -0.2) is 27.3 Å². The fraction of sp³-hybridized carbons (Fsp3) is 0.353. The van der Waals surface area contributed by atoms with Crippen molar-refractivity contribution in [2.75, 3.05) is 6.54 Å². The van der Waals surface area contributed by atoms with Gasteiger partial charge in [0.1, 0.15) is 12.2 Å². The summed E-state index contributed by atoms with van der Waals surface area (Å²) < 4.78 is 2.07. The summed E-state index contributed by atoms with van der Waals surface area (Å²) in [6, 6.07) is 8.35. The summed E-state index contributed by atoms with van der Waals surface area (Å²) in [5, 5.41) is 19.1. The molecule has 132 valence electrons. The van der Waals surface area contributed by atoms with E-state index in [0.29, 0.717) is 6.54 Å². The highest BCUT2D eigenvalue weighted by atomic mass is 32.1. The van der Waals surface area contributed by atoms with E-state index in [1.165, 1.54) is 9.75 Å². The summed E-state index contributed by atoms with van der Waals surface area (Å²) in [6.07, 6.45) is 2.66. The molecule has 0 saturated heterocycles. The van der Waals surface area contributed by atoms with Gasteiger partial charge in [-0.05, 0) is 22.9 Å². The van der Waals surface area contributed by atoms with Crippen LogP contribution < -0.4 is 10.6 Å². The third kappa shape index (κ3) is 5.40. The standard InChI is InChI=1S/C17H22N6S2/c1-2-16-22-21-13-23(16)8-7-18-17(19-11-14-5-3-9-24-14)20-12-15-6-4-10-25-15/h3-6,9-10,13H,2,7-8,11-12H2,1H3,(H2,18,19,20). The fourth-order valence-electron chi connectivity index (χ4n) is 2.35. The minimum Gasteiger partial charge on any atom is -0.355 e. The van der Waals surface area contributed by atoms with Crippen LogP contribution in [0.3, 0.4) is 0 Å². The second kappa shape index (κ2) is 9.33. The first-order valence-corrected chi connectivity index (χ1v) is 10.0. The molecule has 0 aliphatic heterocycles. The molecule has 0 aliphatic carbocycles. The number of aromatic nitrogens is 3. The van der Waals surface area contributed by atoms with Crippen LogP contribution in [0.5, 0.6) is 0 Å². The van der Waals surface area contributed by atoms with E-state index in [4.69, 9.17) is 4.99 Å². The molecule has 0 aliphatic rings. The van der Waals surface area contributed by atoms with Gasteiger partial charge in [0.2, 0.25) is 0 Å². The Morgan fingerprint density at radius 1 is 1.16 bits per heavy atom. The summed E-state index contributed by atoms with van der Waals surface area (Å²) >= 11 is 3.47. The Morgan fingerprint density at radius 2 is 1.96 bits per heavy atom. The smallest absolute Gasteiger partial charge is 0.191 e. The van der Waals surface area contributed by atoms with E-state index in [9.17, 15) is 0 Å². The predicted molar refractivity (Wildman–Crippen MR) is 104 cm³/mol. The molecule has 0 aromatic carbocycles. The van der Waals surface area contributed by atoms with Crippen molar-refractivity contribution in [3.05, 3.63) is 56.9 Å². The minimum absolute atomic E-state index is 0.685. The molecular formula is C17H22N6S2. The molecule has 3 rings (SSSR count). The van der Waals surface area contributed by atoms with Gasteiger partial charge in [-0.25, -0.2) is 4.99 Å². The number of guanidine groups is 1. The molecule has 0 saturated carbocycles. The van der Waals surface area contributed by atoms with Gasteiger partial charge >= 0.3 is 0 Å². The van der Waals surface area contributed by atoms with Crippen molar-refractivity contribution in [1.82, 2.24) is 25.4 Å². The van der Waals surface area contributed by atoms with E-state index in [0.717, 1.165) is 37.8 Å². The number of thiophene rings is 2. The molecule has 0 unspecified atom stereocenters. The first-order chi connectivity index (χ1) is 12.3. The summed E-state index contributed by atoms with van der Waals surface area (Å²) in [4.78, 5) is 7.24. The van der Waals surface area contributed by atoms with Crippen LogP contribution in [0, 0.1) is 0 Å². The summed E-state index contributed by atoms with van der Waals surface area (Å²) in [6.45, 7) is 5.14. The molecule has 0 amide bonds. The van der Waals surface area contributed by atoms with Gasteiger partial charge in [-0.15, -0.1) is 32.9 Å². The highest BCUT2D eigenvalue weighted by Gasteiger charge is 2.04. The zero-order valence-corrected chi connectivity index (χ0v) is 15.8. The van der Waals surface area contributed by atoms with Gasteiger partial charge in [-0.3, -0.25) is 0 Å². The first kappa shape index (κ1) is 17.6. The van der Waals surface area contributed by atoms with E-state index in [1.807, 2.05) is 0 Å². The predicted octanol–water partition coefficient (Wildman–Crippen LogP) is 2.90. The molecule has 8 heteroatoms. The first-order valence-electron chi connectivity index (χ1n) is 8.28. The molecular weight excluding hydrogens is 352 g/mol. The second-order valence-corrected chi connectivity index (χ2v) is 7.46. The Hall–Kier alpha value is -2.19. The second-order valence-electron chi connectivity index (χ2n) is 5.40. The minimum atomic E-state index is 0.685. The Morgan fingerprint density at radius 3 is 2.68 bits per heavy atom. The van der Waals surface area contributed by atoms with Crippen molar-refractivity contribution in [3.63, 3.8) is 0 Å².